The Morgan fingerprint density at radius 1 is 1.15 bits per heavy atom. The number of hydrogen-bond donors (Lipinski definition) is 1. The molecule has 0 heterocycles. The maximum atomic E-state index is 13.6. The van der Waals surface area contributed by atoms with Crippen molar-refractivity contribution in [3.8, 4) is 5.75 Å². The van der Waals surface area contributed by atoms with Gasteiger partial charge in [-0.15, -0.1) is 0 Å². The molecule has 20 heavy (non-hydrogen) atoms. The quantitative estimate of drug-likeness (QED) is 0.841. The second kappa shape index (κ2) is 6.28. The highest BCUT2D eigenvalue weighted by molar-refractivity contribution is 9.10. The molecule has 0 saturated carbocycles. The van der Waals surface area contributed by atoms with Crippen LogP contribution < -0.4 is 10.5 Å². The summed E-state index contributed by atoms with van der Waals surface area (Å²) in [4.78, 5) is -0.0204. The predicted octanol–water partition coefficient (Wildman–Crippen LogP) is 3.94. The van der Waals surface area contributed by atoms with E-state index >= 15 is 0 Å². The van der Waals surface area contributed by atoms with E-state index in [1.165, 1.54) is 24.3 Å². The van der Waals surface area contributed by atoms with Gasteiger partial charge in [0.1, 0.15) is 29.0 Å². The fourth-order valence-electron chi connectivity index (χ4n) is 1.59. The molecule has 104 valence electrons. The van der Waals surface area contributed by atoms with E-state index in [0.717, 1.165) is 0 Å². The molecule has 2 rings (SSSR count). The van der Waals surface area contributed by atoms with Gasteiger partial charge in [-0.3, -0.25) is 0 Å². The van der Waals surface area contributed by atoms with Gasteiger partial charge in [-0.2, -0.15) is 0 Å². The largest absolute Gasteiger partial charge is 0.489 e. The van der Waals surface area contributed by atoms with Crippen LogP contribution in [0, 0.1) is 11.6 Å². The van der Waals surface area contributed by atoms with Gasteiger partial charge in [0.25, 0.3) is 0 Å². The van der Waals surface area contributed by atoms with Crippen molar-refractivity contribution in [1.29, 1.82) is 0 Å². The first-order valence-electron chi connectivity index (χ1n) is 5.63. The molecule has 2 aromatic carbocycles. The molecule has 0 atom stereocenters. The molecule has 2 nitrogen and oxygen atoms in total. The van der Waals surface area contributed by atoms with Crippen molar-refractivity contribution in [2.75, 3.05) is 0 Å². The average Bonchev–Trinajstić information content (AvgIpc) is 2.37. The lowest BCUT2D eigenvalue weighted by atomic mass is 10.2. The normalized spacial score (nSPS) is 10.3. The van der Waals surface area contributed by atoms with Crippen LogP contribution in [0.25, 0.3) is 0 Å². The van der Waals surface area contributed by atoms with Crippen molar-refractivity contribution in [2.45, 2.75) is 6.61 Å². The van der Waals surface area contributed by atoms with Gasteiger partial charge in [0, 0.05) is 21.7 Å². The lowest BCUT2D eigenvalue weighted by molar-refractivity contribution is 0.298. The summed E-state index contributed by atoms with van der Waals surface area (Å²) in [6, 6.07) is 8.79. The van der Waals surface area contributed by atoms with Gasteiger partial charge in [-0.25, -0.2) is 8.78 Å². The monoisotopic (exact) mass is 357 g/mol. The number of nitrogens with two attached hydrogens (primary N) is 1. The summed E-state index contributed by atoms with van der Waals surface area (Å²) in [6.07, 6.45) is 0. The van der Waals surface area contributed by atoms with Crippen molar-refractivity contribution in [3.05, 3.63) is 63.6 Å². The van der Waals surface area contributed by atoms with Gasteiger partial charge in [0.05, 0.1) is 0 Å². The Kier molecular flexibility index (Phi) is 4.67. The Balaban J connectivity index is 2.11. The highest BCUT2D eigenvalue weighted by Gasteiger charge is 2.08. The summed E-state index contributed by atoms with van der Waals surface area (Å²) in [6.45, 7) is 0.00493. The van der Waals surface area contributed by atoms with Crippen LogP contribution in [0.4, 0.5) is 8.78 Å². The molecule has 0 aliphatic heterocycles. The van der Waals surface area contributed by atoms with Gasteiger partial charge in [-0.05, 0) is 24.3 Å². The van der Waals surface area contributed by atoms with Crippen molar-refractivity contribution in [1.82, 2.24) is 0 Å². The molecular formula is C14H10BrF2NOS. The second-order valence-electron chi connectivity index (χ2n) is 4.03. The summed E-state index contributed by atoms with van der Waals surface area (Å²) in [5, 5.41) is 0. The molecule has 0 unspecified atom stereocenters. The number of rotatable bonds is 4. The third-order valence-electron chi connectivity index (χ3n) is 2.62. The van der Waals surface area contributed by atoms with E-state index in [4.69, 9.17) is 22.7 Å². The summed E-state index contributed by atoms with van der Waals surface area (Å²) >= 11 is 7.88. The Bertz CT molecular complexity index is 664. The Labute approximate surface area is 128 Å². The zero-order chi connectivity index (χ0) is 14.7. The molecule has 6 heteroatoms. The van der Waals surface area contributed by atoms with Crippen LogP contribution >= 0.6 is 28.1 Å². The highest BCUT2D eigenvalue weighted by Crippen LogP contribution is 2.20. The standard InChI is InChI=1S/C14H10BrF2NOS/c15-9-2-1-8(12(16)5-9)7-19-10-3-4-11(14(18)20)13(17)6-10/h1-6H,7H2,(H2,18,20). The van der Waals surface area contributed by atoms with E-state index in [9.17, 15) is 8.78 Å². The molecule has 0 radical (unpaired) electrons. The molecule has 0 spiro atoms. The van der Waals surface area contributed by atoms with Crippen LogP contribution in [0.1, 0.15) is 11.1 Å². The van der Waals surface area contributed by atoms with E-state index < -0.39 is 5.82 Å². The maximum Gasteiger partial charge on any atom is 0.137 e. The first-order chi connectivity index (χ1) is 9.47. The third kappa shape index (κ3) is 3.52. The van der Waals surface area contributed by atoms with Crippen LogP contribution in [0.2, 0.25) is 0 Å². The molecule has 0 fully saturated rings. The molecular weight excluding hydrogens is 348 g/mol. The first kappa shape index (κ1) is 14.9. The van der Waals surface area contributed by atoms with E-state index in [2.05, 4.69) is 15.9 Å². The minimum absolute atomic E-state index is 0.00493. The Hall–Kier alpha value is -1.53. The van der Waals surface area contributed by atoms with Gasteiger partial charge in [0.2, 0.25) is 0 Å². The third-order valence-corrected chi connectivity index (χ3v) is 3.33. The lowest BCUT2D eigenvalue weighted by Crippen LogP contribution is -2.11. The van der Waals surface area contributed by atoms with Gasteiger partial charge < -0.3 is 10.5 Å². The van der Waals surface area contributed by atoms with Crippen LogP contribution in [0.15, 0.2) is 40.9 Å². The highest BCUT2D eigenvalue weighted by atomic mass is 79.9. The smallest absolute Gasteiger partial charge is 0.137 e. The average molecular weight is 358 g/mol. The van der Waals surface area contributed by atoms with E-state index in [0.29, 0.717) is 10.0 Å². The molecule has 0 aliphatic carbocycles. The summed E-state index contributed by atoms with van der Waals surface area (Å²) in [5.74, 6) is -0.671. The van der Waals surface area contributed by atoms with Crippen molar-refractivity contribution < 1.29 is 13.5 Å². The Morgan fingerprint density at radius 2 is 1.90 bits per heavy atom. The molecule has 2 N–H and O–H groups in total. The summed E-state index contributed by atoms with van der Waals surface area (Å²) < 4.78 is 33.2. The van der Waals surface area contributed by atoms with Crippen LogP contribution in [0.5, 0.6) is 5.75 Å². The zero-order valence-corrected chi connectivity index (χ0v) is 12.6. The van der Waals surface area contributed by atoms with Gasteiger partial charge in [-0.1, -0.05) is 34.2 Å². The number of halogens is 3. The van der Waals surface area contributed by atoms with Crippen LogP contribution in [-0.4, -0.2) is 4.99 Å². The molecule has 0 aliphatic rings. The minimum atomic E-state index is -0.564. The fraction of sp³-hybridized carbons (Fsp3) is 0.0714. The summed E-state index contributed by atoms with van der Waals surface area (Å²) in [7, 11) is 0. The molecule has 2 aromatic rings. The molecule has 0 aromatic heterocycles. The van der Waals surface area contributed by atoms with Gasteiger partial charge >= 0.3 is 0 Å². The first-order valence-corrected chi connectivity index (χ1v) is 6.83. The number of ether oxygens (including phenoxy) is 1. The SMILES string of the molecule is NC(=S)c1ccc(OCc2ccc(Br)cc2F)cc1F. The number of hydrogen-bond acceptors (Lipinski definition) is 2. The molecule has 0 bridgehead atoms. The van der Waals surface area contributed by atoms with Crippen molar-refractivity contribution in [2.24, 2.45) is 5.73 Å². The topological polar surface area (TPSA) is 35.2 Å². The van der Waals surface area contributed by atoms with Crippen LogP contribution in [0.3, 0.4) is 0 Å². The Morgan fingerprint density at radius 3 is 2.50 bits per heavy atom. The van der Waals surface area contributed by atoms with Crippen molar-refractivity contribution >= 4 is 33.1 Å². The second-order valence-corrected chi connectivity index (χ2v) is 5.39. The fourth-order valence-corrected chi connectivity index (χ4v) is 2.08. The molecule has 0 amide bonds. The number of benzene rings is 2. The zero-order valence-electron chi connectivity index (χ0n) is 10.2. The van der Waals surface area contributed by atoms with Crippen LogP contribution in [-0.2, 0) is 6.61 Å². The van der Waals surface area contributed by atoms with E-state index in [1.54, 1.807) is 12.1 Å². The lowest BCUT2D eigenvalue weighted by Gasteiger charge is -2.09. The number of thiocarbonyl (C=S) groups is 1. The van der Waals surface area contributed by atoms with E-state index in [-0.39, 0.29) is 28.7 Å². The van der Waals surface area contributed by atoms with Gasteiger partial charge in [0.15, 0.2) is 0 Å². The minimum Gasteiger partial charge on any atom is -0.489 e. The maximum absolute atomic E-state index is 13.6. The van der Waals surface area contributed by atoms with Crippen molar-refractivity contribution in [3.63, 3.8) is 0 Å². The predicted molar refractivity (Wildman–Crippen MR) is 80.7 cm³/mol. The van der Waals surface area contributed by atoms with E-state index in [1.807, 2.05) is 0 Å². The molecule has 0 saturated heterocycles. The summed E-state index contributed by atoms with van der Waals surface area (Å²) in [5.41, 5.74) is 5.90.